The lowest BCUT2D eigenvalue weighted by Gasteiger charge is -2.25. The SMILES string of the molecule is CC(NC(=O)C(N)Cc1ccccc1)C(=O)NC(C(=O)NC(CS)C(=O)O)C(C)C. The van der Waals surface area contributed by atoms with Crippen LogP contribution in [0, 0.1) is 5.92 Å². The summed E-state index contributed by atoms with van der Waals surface area (Å²) in [5.74, 6) is -3.34. The first-order valence-electron chi connectivity index (χ1n) is 9.61. The van der Waals surface area contributed by atoms with Crippen LogP contribution in [0.3, 0.4) is 0 Å². The summed E-state index contributed by atoms with van der Waals surface area (Å²) >= 11 is 3.90. The molecular formula is C20H30N4O5S. The Morgan fingerprint density at radius 3 is 2.07 bits per heavy atom. The van der Waals surface area contributed by atoms with Crippen LogP contribution in [0.4, 0.5) is 0 Å². The summed E-state index contributed by atoms with van der Waals surface area (Å²) in [7, 11) is 0. The van der Waals surface area contributed by atoms with E-state index in [1.807, 2.05) is 30.3 Å². The zero-order valence-corrected chi connectivity index (χ0v) is 18.2. The predicted octanol–water partition coefficient (Wildman–Crippen LogP) is -0.299. The standard InChI is InChI=1S/C20H30N4O5S/c1-11(2)16(19(27)23-15(10-30)20(28)29)24-17(25)12(3)22-18(26)14(21)9-13-7-5-4-6-8-13/h4-8,11-12,14-16,30H,9-10,21H2,1-3H3,(H,22,26)(H,23,27)(H,24,25)(H,28,29). The molecule has 1 aromatic carbocycles. The maximum atomic E-state index is 12.5. The van der Waals surface area contributed by atoms with Crippen molar-refractivity contribution in [3.63, 3.8) is 0 Å². The van der Waals surface area contributed by atoms with Crippen LogP contribution >= 0.6 is 12.6 Å². The van der Waals surface area contributed by atoms with Crippen molar-refractivity contribution in [1.29, 1.82) is 0 Å². The maximum Gasteiger partial charge on any atom is 0.327 e. The third-order valence-corrected chi connectivity index (χ3v) is 4.80. The molecule has 4 atom stereocenters. The number of benzene rings is 1. The summed E-state index contributed by atoms with van der Waals surface area (Å²) in [5.41, 5.74) is 6.82. The highest BCUT2D eigenvalue weighted by atomic mass is 32.1. The highest BCUT2D eigenvalue weighted by Gasteiger charge is 2.30. The molecule has 0 heterocycles. The average Bonchev–Trinajstić information content (AvgIpc) is 2.69. The van der Waals surface area contributed by atoms with Gasteiger partial charge in [0.25, 0.3) is 0 Å². The van der Waals surface area contributed by atoms with Crippen molar-refractivity contribution in [1.82, 2.24) is 16.0 Å². The number of nitrogens with two attached hydrogens (primary N) is 1. The predicted molar refractivity (Wildman–Crippen MR) is 116 cm³/mol. The van der Waals surface area contributed by atoms with Crippen molar-refractivity contribution < 1.29 is 24.3 Å². The molecule has 0 radical (unpaired) electrons. The van der Waals surface area contributed by atoms with Gasteiger partial charge in [-0.25, -0.2) is 4.79 Å². The summed E-state index contributed by atoms with van der Waals surface area (Å²) in [6, 6.07) is 5.33. The van der Waals surface area contributed by atoms with E-state index in [1.165, 1.54) is 6.92 Å². The average molecular weight is 439 g/mol. The number of rotatable bonds is 11. The smallest absolute Gasteiger partial charge is 0.327 e. The highest BCUT2D eigenvalue weighted by molar-refractivity contribution is 7.80. The summed E-state index contributed by atoms with van der Waals surface area (Å²) in [6.07, 6.45) is 0.318. The molecule has 30 heavy (non-hydrogen) atoms. The Morgan fingerprint density at radius 2 is 1.57 bits per heavy atom. The van der Waals surface area contributed by atoms with Gasteiger partial charge in [-0.2, -0.15) is 12.6 Å². The van der Waals surface area contributed by atoms with Crippen molar-refractivity contribution in [2.45, 2.75) is 51.4 Å². The summed E-state index contributed by atoms with van der Waals surface area (Å²) in [5, 5.41) is 16.5. The Balaban J connectivity index is 2.67. The van der Waals surface area contributed by atoms with Crippen molar-refractivity contribution >= 4 is 36.3 Å². The van der Waals surface area contributed by atoms with E-state index in [2.05, 4.69) is 28.6 Å². The molecule has 9 nitrogen and oxygen atoms in total. The first kappa shape index (κ1) is 25.4. The zero-order chi connectivity index (χ0) is 22.8. The number of carboxylic acid groups (broad SMARTS) is 1. The van der Waals surface area contributed by atoms with Crippen LogP contribution in [0.2, 0.25) is 0 Å². The molecule has 4 unspecified atom stereocenters. The monoisotopic (exact) mass is 438 g/mol. The fourth-order valence-corrected chi connectivity index (χ4v) is 2.85. The second-order valence-corrected chi connectivity index (χ2v) is 7.70. The van der Waals surface area contributed by atoms with Gasteiger partial charge in [-0.05, 0) is 24.8 Å². The van der Waals surface area contributed by atoms with Gasteiger partial charge in [0.15, 0.2) is 0 Å². The van der Waals surface area contributed by atoms with Gasteiger partial charge >= 0.3 is 5.97 Å². The van der Waals surface area contributed by atoms with Gasteiger partial charge < -0.3 is 26.8 Å². The van der Waals surface area contributed by atoms with Gasteiger partial charge in [0.2, 0.25) is 17.7 Å². The lowest BCUT2D eigenvalue weighted by molar-refractivity contribution is -0.142. The molecule has 0 bridgehead atoms. The molecule has 0 aromatic heterocycles. The second-order valence-electron chi connectivity index (χ2n) is 7.34. The number of hydrogen-bond acceptors (Lipinski definition) is 6. The van der Waals surface area contributed by atoms with Crippen LogP contribution in [-0.4, -0.2) is 58.7 Å². The number of nitrogens with one attached hydrogen (secondary N) is 3. The lowest BCUT2D eigenvalue weighted by atomic mass is 10.0. The van der Waals surface area contributed by atoms with E-state index in [9.17, 15) is 19.2 Å². The molecule has 10 heteroatoms. The summed E-state index contributed by atoms with van der Waals surface area (Å²) in [4.78, 5) is 48.3. The zero-order valence-electron chi connectivity index (χ0n) is 17.3. The van der Waals surface area contributed by atoms with Crippen LogP contribution in [0.25, 0.3) is 0 Å². The normalized spacial score (nSPS) is 14.9. The molecule has 0 fully saturated rings. The quantitative estimate of drug-likeness (QED) is 0.261. The van der Waals surface area contributed by atoms with Crippen LogP contribution < -0.4 is 21.7 Å². The minimum atomic E-state index is -1.22. The number of carboxylic acids is 1. The van der Waals surface area contributed by atoms with E-state index in [-0.39, 0.29) is 11.7 Å². The van der Waals surface area contributed by atoms with E-state index >= 15 is 0 Å². The first-order chi connectivity index (χ1) is 14.1. The Labute approximate surface area is 181 Å². The molecule has 3 amide bonds. The number of amides is 3. The molecular weight excluding hydrogens is 408 g/mol. The van der Waals surface area contributed by atoms with Gasteiger partial charge in [-0.3, -0.25) is 14.4 Å². The third kappa shape index (κ3) is 8.03. The molecule has 0 saturated heterocycles. The minimum Gasteiger partial charge on any atom is -0.480 e. The second kappa shape index (κ2) is 12.2. The number of carbonyl (C=O) groups excluding carboxylic acids is 3. The van der Waals surface area contributed by atoms with Gasteiger partial charge in [-0.1, -0.05) is 44.2 Å². The highest BCUT2D eigenvalue weighted by Crippen LogP contribution is 2.05. The molecule has 0 saturated carbocycles. The van der Waals surface area contributed by atoms with E-state index in [0.717, 1.165) is 5.56 Å². The van der Waals surface area contributed by atoms with Crippen LogP contribution in [0.5, 0.6) is 0 Å². The lowest BCUT2D eigenvalue weighted by Crippen LogP contribution is -2.58. The number of aliphatic carboxylic acids is 1. The molecule has 6 N–H and O–H groups in total. The molecule has 1 rings (SSSR count). The third-order valence-electron chi connectivity index (χ3n) is 4.43. The van der Waals surface area contributed by atoms with Crippen molar-refractivity contribution in [3.8, 4) is 0 Å². The van der Waals surface area contributed by atoms with Crippen LogP contribution in [-0.2, 0) is 25.6 Å². The summed E-state index contributed by atoms with van der Waals surface area (Å²) < 4.78 is 0. The molecule has 0 aliphatic carbocycles. The Bertz CT molecular complexity index is 744. The van der Waals surface area contributed by atoms with E-state index < -0.39 is 47.9 Å². The van der Waals surface area contributed by atoms with Crippen molar-refractivity contribution in [2.75, 3.05) is 5.75 Å². The van der Waals surface area contributed by atoms with E-state index in [0.29, 0.717) is 6.42 Å². The maximum absolute atomic E-state index is 12.5. The van der Waals surface area contributed by atoms with Crippen molar-refractivity contribution in [2.24, 2.45) is 11.7 Å². The van der Waals surface area contributed by atoms with Gasteiger partial charge in [0, 0.05) is 5.75 Å². The minimum absolute atomic E-state index is 0.0917. The number of carbonyl (C=O) groups is 4. The Kier molecular flexibility index (Phi) is 10.3. The largest absolute Gasteiger partial charge is 0.480 e. The van der Waals surface area contributed by atoms with Gasteiger partial charge in [0.1, 0.15) is 18.1 Å². The fraction of sp³-hybridized carbons (Fsp3) is 0.500. The topological polar surface area (TPSA) is 151 Å². The molecule has 0 spiro atoms. The van der Waals surface area contributed by atoms with Crippen LogP contribution in [0.15, 0.2) is 30.3 Å². The molecule has 1 aromatic rings. The molecule has 0 aliphatic heterocycles. The van der Waals surface area contributed by atoms with Gasteiger partial charge in [0.05, 0.1) is 6.04 Å². The Hall–Kier alpha value is -2.59. The molecule has 166 valence electrons. The summed E-state index contributed by atoms with van der Waals surface area (Å²) in [6.45, 7) is 4.89. The Morgan fingerprint density at radius 1 is 0.967 bits per heavy atom. The first-order valence-corrected chi connectivity index (χ1v) is 10.2. The van der Waals surface area contributed by atoms with E-state index in [1.54, 1.807) is 13.8 Å². The van der Waals surface area contributed by atoms with E-state index in [4.69, 9.17) is 10.8 Å². The van der Waals surface area contributed by atoms with Crippen LogP contribution in [0.1, 0.15) is 26.3 Å². The molecule has 0 aliphatic rings. The fourth-order valence-electron chi connectivity index (χ4n) is 2.61. The number of hydrogen-bond donors (Lipinski definition) is 6. The number of thiol groups is 1. The van der Waals surface area contributed by atoms with Gasteiger partial charge in [-0.15, -0.1) is 0 Å². The van der Waals surface area contributed by atoms with Crippen molar-refractivity contribution in [3.05, 3.63) is 35.9 Å².